The van der Waals surface area contributed by atoms with E-state index >= 15 is 0 Å². The maximum Gasteiger partial charge on any atom is 0.245 e. The minimum absolute atomic E-state index is 0.0753. The predicted octanol–water partition coefficient (Wildman–Crippen LogP) is 1.41. The SMILES string of the molecule is CCOC1CC(N)(C(=O)Nc2cccc(S(=O)(=O)N(C)C)c2)C1(C)C. The summed E-state index contributed by atoms with van der Waals surface area (Å²) in [5.41, 5.74) is 5.16. The van der Waals surface area contributed by atoms with Crippen LogP contribution < -0.4 is 11.1 Å². The van der Waals surface area contributed by atoms with E-state index in [0.717, 1.165) is 4.31 Å². The first kappa shape index (κ1) is 19.8. The lowest BCUT2D eigenvalue weighted by atomic mass is 9.54. The highest BCUT2D eigenvalue weighted by molar-refractivity contribution is 7.89. The van der Waals surface area contributed by atoms with Crippen molar-refractivity contribution in [3.05, 3.63) is 24.3 Å². The Balaban J connectivity index is 2.20. The molecule has 1 aliphatic carbocycles. The lowest BCUT2D eigenvalue weighted by Crippen LogP contribution is -2.74. The van der Waals surface area contributed by atoms with Gasteiger partial charge in [-0.05, 0) is 25.1 Å². The van der Waals surface area contributed by atoms with Crippen LogP contribution in [0.4, 0.5) is 5.69 Å². The summed E-state index contributed by atoms with van der Waals surface area (Å²) in [6.45, 7) is 6.28. The summed E-state index contributed by atoms with van der Waals surface area (Å²) in [6.07, 6.45) is 0.351. The molecule has 0 saturated heterocycles. The molecule has 0 bridgehead atoms. The molecule has 3 N–H and O–H groups in total. The first-order valence-corrected chi connectivity index (χ1v) is 9.65. The van der Waals surface area contributed by atoms with E-state index in [1.54, 1.807) is 12.1 Å². The molecule has 0 aliphatic heterocycles. The number of sulfonamides is 1. The molecule has 7 nitrogen and oxygen atoms in total. The second kappa shape index (κ2) is 6.68. The zero-order valence-electron chi connectivity index (χ0n) is 15.4. The highest BCUT2D eigenvalue weighted by Crippen LogP contribution is 2.50. The zero-order valence-corrected chi connectivity index (χ0v) is 16.2. The van der Waals surface area contributed by atoms with E-state index in [1.165, 1.54) is 26.2 Å². The van der Waals surface area contributed by atoms with Gasteiger partial charge in [-0.15, -0.1) is 0 Å². The van der Waals surface area contributed by atoms with Crippen LogP contribution in [0.15, 0.2) is 29.2 Å². The maximum atomic E-state index is 12.7. The van der Waals surface area contributed by atoms with E-state index in [2.05, 4.69) is 5.32 Å². The van der Waals surface area contributed by atoms with Crippen LogP contribution in [0.25, 0.3) is 0 Å². The van der Waals surface area contributed by atoms with Crippen molar-refractivity contribution in [3.63, 3.8) is 0 Å². The molecule has 0 heterocycles. The van der Waals surface area contributed by atoms with Gasteiger partial charge in [-0.2, -0.15) is 0 Å². The third-order valence-corrected chi connectivity index (χ3v) is 6.92. The standard InChI is InChI=1S/C17H27N3O4S/c1-6-24-14-11-17(18,16(14,2)3)15(21)19-12-8-7-9-13(10-12)25(22,23)20(4)5/h7-10,14H,6,11,18H2,1-5H3,(H,19,21). The highest BCUT2D eigenvalue weighted by atomic mass is 32.2. The van der Waals surface area contributed by atoms with Crippen molar-refractivity contribution < 1.29 is 17.9 Å². The Kier molecular flexibility index (Phi) is 5.30. The van der Waals surface area contributed by atoms with Gasteiger partial charge >= 0.3 is 0 Å². The van der Waals surface area contributed by atoms with Crippen LogP contribution >= 0.6 is 0 Å². The van der Waals surface area contributed by atoms with Crippen LogP contribution in [0, 0.1) is 5.41 Å². The molecule has 1 amide bonds. The van der Waals surface area contributed by atoms with E-state index in [9.17, 15) is 13.2 Å². The fourth-order valence-electron chi connectivity index (χ4n) is 3.01. The Labute approximate surface area is 149 Å². The molecule has 0 spiro atoms. The molecule has 140 valence electrons. The molecule has 2 unspecified atom stereocenters. The van der Waals surface area contributed by atoms with Crippen LogP contribution in [0.5, 0.6) is 0 Å². The Morgan fingerprint density at radius 1 is 1.40 bits per heavy atom. The van der Waals surface area contributed by atoms with E-state index in [-0.39, 0.29) is 16.9 Å². The van der Waals surface area contributed by atoms with Crippen molar-refractivity contribution in [2.75, 3.05) is 26.0 Å². The fourth-order valence-corrected chi connectivity index (χ4v) is 3.96. The Hall–Kier alpha value is -1.48. The first-order chi connectivity index (χ1) is 11.5. The van der Waals surface area contributed by atoms with Crippen molar-refractivity contribution in [2.24, 2.45) is 11.1 Å². The van der Waals surface area contributed by atoms with Crippen molar-refractivity contribution >= 4 is 21.6 Å². The summed E-state index contributed by atoms with van der Waals surface area (Å²) in [7, 11) is -0.653. The van der Waals surface area contributed by atoms with Crippen molar-refractivity contribution in [1.29, 1.82) is 0 Å². The second-order valence-electron chi connectivity index (χ2n) is 7.11. The molecular formula is C17H27N3O4S. The summed E-state index contributed by atoms with van der Waals surface area (Å²) in [4.78, 5) is 12.8. The molecule has 0 aromatic heterocycles. The molecule has 0 radical (unpaired) electrons. The van der Waals surface area contributed by atoms with Gasteiger partial charge in [0.2, 0.25) is 15.9 Å². The highest BCUT2D eigenvalue weighted by Gasteiger charge is 2.62. The average Bonchev–Trinajstić information content (AvgIpc) is 2.54. The number of carbonyl (C=O) groups is 1. The topological polar surface area (TPSA) is 102 Å². The van der Waals surface area contributed by atoms with Gasteiger partial charge in [0.25, 0.3) is 0 Å². The van der Waals surface area contributed by atoms with Gasteiger partial charge in [0.15, 0.2) is 0 Å². The number of ether oxygens (including phenoxy) is 1. The van der Waals surface area contributed by atoms with Crippen LogP contribution in [-0.2, 0) is 19.6 Å². The van der Waals surface area contributed by atoms with E-state index < -0.39 is 21.0 Å². The van der Waals surface area contributed by atoms with Gasteiger partial charge in [0.05, 0.1) is 11.0 Å². The largest absolute Gasteiger partial charge is 0.378 e. The quantitative estimate of drug-likeness (QED) is 0.789. The lowest BCUT2D eigenvalue weighted by molar-refractivity contribution is -0.166. The van der Waals surface area contributed by atoms with Gasteiger partial charge in [0, 0.05) is 38.2 Å². The minimum Gasteiger partial charge on any atom is -0.378 e. The summed E-state index contributed by atoms with van der Waals surface area (Å²) in [6, 6.07) is 6.15. The van der Waals surface area contributed by atoms with Gasteiger partial charge in [-0.25, -0.2) is 12.7 Å². The summed E-state index contributed by atoms with van der Waals surface area (Å²) in [5, 5.41) is 2.75. The third-order valence-electron chi connectivity index (χ3n) is 5.11. The van der Waals surface area contributed by atoms with E-state index in [0.29, 0.717) is 18.7 Å². The lowest BCUT2D eigenvalue weighted by Gasteiger charge is -2.57. The number of amides is 1. The third kappa shape index (κ3) is 3.31. The number of benzene rings is 1. The normalized spacial score (nSPS) is 25.5. The number of rotatable bonds is 6. The molecule has 8 heteroatoms. The van der Waals surface area contributed by atoms with Gasteiger partial charge in [-0.1, -0.05) is 19.9 Å². The second-order valence-corrected chi connectivity index (χ2v) is 9.26. The number of hydrogen-bond donors (Lipinski definition) is 2. The minimum atomic E-state index is -3.57. The van der Waals surface area contributed by atoms with Gasteiger partial charge < -0.3 is 15.8 Å². The number of carbonyl (C=O) groups excluding carboxylic acids is 1. The van der Waals surface area contributed by atoms with Gasteiger partial charge in [0.1, 0.15) is 5.54 Å². The summed E-state index contributed by atoms with van der Waals surface area (Å²) >= 11 is 0. The molecule has 25 heavy (non-hydrogen) atoms. The molecule has 2 rings (SSSR count). The number of nitrogens with two attached hydrogens (primary N) is 1. The number of hydrogen-bond acceptors (Lipinski definition) is 5. The molecule has 2 atom stereocenters. The summed E-state index contributed by atoms with van der Waals surface area (Å²) < 4.78 is 31.2. The van der Waals surface area contributed by atoms with Crippen molar-refractivity contribution in [1.82, 2.24) is 4.31 Å². The number of nitrogens with one attached hydrogen (secondary N) is 1. The fraction of sp³-hybridized carbons (Fsp3) is 0.588. The monoisotopic (exact) mass is 369 g/mol. The molecule has 1 fully saturated rings. The Morgan fingerprint density at radius 3 is 2.56 bits per heavy atom. The van der Waals surface area contributed by atoms with Crippen LogP contribution in [0.2, 0.25) is 0 Å². The van der Waals surface area contributed by atoms with Crippen LogP contribution in [0.1, 0.15) is 27.2 Å². The zero-order chi connectivity index (χ0) is 19.0. The van der Waals surface area contributed by atoms with Gasteiger partial charge in [-0.3, -0.25) is 4.79 Å². The van der Waals surface area contributed by atoms with Crippen molar-refractivity contribution in [3.8, 4) is 0 Å². The molecule has 1 aromatic rings. The summed E-state index contributed by atoms with van der Waals surface area (Å²) in [5.74, 6) is -0.340. The maximum absolute atomic E-state index is 12.7. The molecule has 1 aliphatic rings. The number of nitrogens with zero attached hydrogens (tertiary/aromatic N) is 1. The van der Waals surface area contributed by atoms with E-state index in [1.807, 2.05) is 20.8 Å². The van der Waals surface area contributed by atoms with Crippen LogP contribution in [-0.4, -0.2) is 51.0 Å². The first-order valence-electron chi connectivity index (χ1n) is 8.21. The molecule has 1 aromatic carbocycles. The van der Waals surface area contributed by atoms with E-state index in [4.69, 9.17) is 10.5 Å². The van der Waals surface area contributed by atoms with Crippen LogP contribution in [0.3, 0.4) is 0 Å². The molecular weight excluding hydrogens is 342 g/mol. The van der Waals surface area contributed by atoms with Crippen molar-refractivity contribution in [2.45, 2.75) is 43.7 Å². The number of anilines is 1. The smallest absolute Gasteiger partial charge is 0.245 e. The Bertz CT molecular complexity index is 761. The average molecular weight is 369 g/mol. The molecule has 1 saturated carbocycles. The predicted molar refractivity (Wildman–Crippen MR) is 96.7 cm³/mol. The Morgan fingerprint density at radius 2 is 2.04 bits per heavy atom.